The molecule has 1 aliphatic rings. The molecular formula is C10H11NO2. The van der Waals surface area contributed by atoms with Gasteiger partial charge in [0.15, 0.2) is 6.29 Å². The molecule has 0 fully saturated rings. The number of rotatable bonds is 2. The van der Waals surface area contributed by atoms with E-state index in [9.17, 15) is 9.59 Å². The minimum Gasteiger partial charge on any atom is -0.355 e. The largest absolute Gasteiger partial charge is 0.355 e. The highest BCUT2D eigenvalue weighted by Crippen LogP contribution is 2.11. The van der Waals surface area contributed by atoms with E-state index in [1.54, 1.807) is 19.2 Å². The standard InChI is InChI=1S/C10H11NO2/c1-11-10(13)9-6-4-2-3-5-8(9)7-12/h3-7H,2H2,1H3,(H,11,13). The number of hydrogen-bond donors (Lipinski definition) is 1. The summed E-state index contributed by atoms with van der Waals surface area (Å²) < 4.78 is 0. The summed E-state index contributed by atoms with van der Waals surface area (Å²) in [7, 11) is 1.54. The minimum absolute atomic E-state index is 0.232. The molecule has 3 nitrogen and oxygen atoms in total. The zero-order valence-corrected chi connectivity index (χ0v) is 7.41. The Morgan fingerprint density at radius 2 is 2.15 bits per heavy atom. The molecule has 1 rings (SSSR count). The van der Waals surface area contributed by atoms with E-state index in [0.29, 0.717) is 17.4 Å². The third-order valence-electron chi connectivity index (χ3n) is 1.76. The molecule has 0 aromatic heterocycles. The summed E-state index contributed by atoms with van der Waals surface area (Å²) in [6.45, 7) is 0. The molecule has 0 atom stereocenters. The Bertz CT molecular complexity index is 311. The molecular weight excluding hydrogens is 166 g/mol. The SMILES string of the molecule is CNC(=O)C1=C(C=O)C=CCC=C1. The van der Waals surface area contributed by atoms with Crippen LogP contribution in [0.1, 0.15) is 6.42 Å². The normalized spacial score (nSPS) is 15.5. The van der Waals surface area contributed by atoms with Gasteiger partial charge in [-0.1, -0.05) is 24.3 Å². The van der Waals surface area contributed by atoms with E-state index in [0.717, 1.165) is 6.42 Å². The Morgan fingerprint density at radius 3 is 2.77 bits per heavy atom. The molecule has 0 saturated carbocycles. The van der Waals surface area contributed by atoms with Crippen molar-refractivity contribution in [3.63, 3.8) is 0 Å². The number of likely N-dealkylation sites (N-methyl/N-ethyl adjacent to an activating group) is 1. The average Bonchev–Trinajstić information content (AvgIpc) is 2.41. The average molecular weight is 177 g/mol. The van der Waals surface area contributed by atoms with E-state index in [1.807, 2.05) is 12.2 Å². The number of nitrogens with one attached hydrogen (secondary N) is 1. The van der Waals surface area contributed by atoms with Gasteiger partial charge in [0.25, 0.3) is 5.91 Å². The maximum atomic E-state index is 11.3. The van der Waals surface area contributed by atoms with Crippen molar-refractivity contribution in [2.45, 2.75) is 6.42 Å². The molecule has 0 saturated heterocycles. The summed E-state index contributed by atoms with van der Waals surface area (Å²) in [5.41, 5.74) is 0.847. The number of amides is 1. The van der Waals surface area contributed by atoms with Crippen LogP contribution in [0.5, 0.6) is 0 Å². The van der Waals surface area contributed by atoms with E-state index >= 15 is 0 Å². The summed E-state index contributed by atoms with van der Waals surface area (Å²) >= 11 is 0. The summed E-state index contributed by atoms with van der Waals surface area (Å²) in [6.07, 6.45) is 8.46. The number of hydrogen-bond acceptors (Lipinski definition) is 2. The second kappa shape index (κ2) is 4.40. The summed E-state index contributed by atoms with van der Waals surface area (Å²) in [5, 5.41) is 2.49. The molecule has 0 aromatic rings. The first kappa shape index (κ1) is 9.45. The first-order valence-corrected chi connectivity index (χ1v) is 4.04. The van der Waals surface area contributed by atoms with Crippen LogP contribution >= 0.6 is 0 Å². The molecule has 0 heterocycles. The Hall–Kier alpha value is -1.64. The smallest absolute Gasteiger partial charge is 0.251 e. The number of allylic oxidation sites excluding steroid dienone is 4. The molecule has 0 aromatic carbocycles. The van der Waals surface area contributed by atoms with Gasteiger partial charge in [0.1, 0.15) is 0 Å². The van der Waals surface area contributed by atoms with Crippen molar-refractivity contribution in [2.75, 3.05) is 7.05 Å². The maximum absolute atomic E-state index is 11.3. The van der Waals surface area contributed by atoms with Gasteiger partial charge < -0.3 is 5.32 Å². The van der Waals surface area contributed by atoms with Gasteiger partial charge in [0.05, 0.1) is 0 Å². The van der Waals surface area contributed by atoms with Crippen LogP contribution in [0.15, 0.2) is 35.5 Å². The third-order valence-corrected chi connectivity index (χ3v) is 1.76. The van der Waals surface area contributed by atoms with E-state index in [-0.39, 0.29) is 5.91 Å². The van der Waals surface area contributed by atoms with Gasteiger partial charge in [-0.2, -0.15) is 0 Å². The lowest BCUT2D eigenvalue weighted by Gasteiger charge is -2.00. The highest BCUT2D eigenvalue weighted by atomic mass is 16.1. The Morgan fingerprint density at radius 1 is 1.46 bits per heavy atom. The monoisotopic (exact) mass is 177 g/mol. The van der Waals surface area contributed by atoms with Gasteiger partial charge >= 0.3 is 0 Å². The first-order chi connectivity index (χ1) is 6.29. The van der Waals surface area contributed by atoms with E-state index in [2.05, 4.69) is 5.32 Å². The van der Waals surface area contributed by atoms with Crippen molar-refractivity contribution in [3.8, 4) is 0 Å². The van der Waals surface area contributed by atoms with E-state index < -0.39 is 0 Å². The lowest BCUT2D eigenvalue weighted by Crippen LogP contribution is -2.20. The van der Waals surface area contributed by atoms with Crippen molar-refractivity contribution in [1.82, 2.24) is 5.32 Å². The Kier molecular flexibility index (Phi) is 3.20. The second-order valence-electron chi connectivity index (χ2n) is 2.61. The lowest BCUT2D eigenvalue weighted by atomic mass is 10.1. The number of aldehydes is 1. The minimum atomic E-state index is -0.232. The first-order valence-electron chi connectivity index (χ1n) is 4.04. The van der Waals surface area contributed by atoms with Crippen molar-refractivity contribution in [2.24, 2.45) is 0 Å². The van der Waals surface area contributed by atoms with Crippen LogP contribution in [0.2, 0.25) is 0 Å². The van der Waals surface area contributed by atoms with Crippen molar-refractivity contribution >= 4 is 12.2 Å². The van der Waals surface area contributed by atoms with Crippen molar-refractivity contribution < 1.29 is 9.59 Å². The fourth-order valence-corrected chi connectivity index (χ4v) is 1.09. The van der Waals surface area contributed by atoms with E-state index in [1.165, 1.54) is 0 Å². The Balaban J connectivity index is 3.10. The van der Waals surface area contributed by atoms with Gasteiger partial charge in [-0.3, -0.25) is 9.59 Å². The fourth-order valence-electron chi connectivity index (χ4n) is 1.09. The van der Waals surface area contributed by atoms with Crippen LogP contribution in [0.4, 0.5) is 0 Å². The van der Waals surface area contributed by atoms with Gasteiger partial charge in [0.2, 0.25) is 0 Å². The fraction of sp³-hybridized carbons (Fsp3) is 0.200. The Labute approximate surface area is 76.8 Å². The molecule has 1 aliphatic carbocycles. The predicted octanol–water partition coefficient (Wildman–Crippen LogP) is 0.744. The maximum Gasteiger partial charge on any atom is 0.251 e. The zero-order valence-electron chi connectivity index (χ0n) is 7.41. The van der Waals surface area contributed by atoms with Crippen molar-refractivity contribution in [1.29, 1.82) is 0 Å². The highest BCUT2D eigenvalue weighted by molar-refractivity contribution is 6.02. The predicted molar refractivity (Wildman–Crippen MR) is 50.1 cm³/mol. The summed E-state index contributed by atoms with van der Waals surface area (Å²) in [4.78, 5) is 21.9. The quantitative estimate of drug-likeness (QED) is 0.632. The summed E-state index contributed by atoms with van der Waals surface area (Å²) in [6, 6.07) is 0. The molecule has 68 valence electrons. The molecule has 0 radical (unpaired) electrons. The van der Waals surface area contributed by atoms with Crippen LogP contribution in [0.3, 0.4) is 0 Å². The van der Waals surface area contributed by atoms with Crippen LogP contribution in [-0.4, -0.2) is 19.2 Å². The topological polar surface area (TPSA) is 46.2 Å². The highest BCUT2D eigenvalue weighted by Gasteiger charge is 2.09. The van der Waals surface area contributed by atoms with E-state index in [4.69, 9.17) is 0 Å². The summed E-state index contributed by atoms with van der Waals surface area (Å²) in [5.74, 6) is -0.232. The molecule has 3 heteroatoms. The van der Waals surface area contributed by atoms with Gasteiger partial charge in [-0.05, 0) is 6.42 Å². The number of carbonyl (C=O) groups excluding carboxylic acids is 2. The van der Waals surface area contributed by atoms with Crippen LogP contribution in [0.25, 0.3) is 0 Å². The van der Waals surface area contributed by atoms with Gasteiger partial charge in [0, 0.05) is 18.2 Å². The molecule has 0 spiro atoms. The van der Waals surface area contributed by atoms with Gasteiger partial charge in [-0.25, -0.2) is 0 Å². The number of carbonyl (C=O) groups is 2. The lowest BCUT2D eigenvalue weighted by molar-refractivity contribution is -0.117. The zero-order chi connectivity index (χ0) is 9.68. The molecule has 1 N–H and O–H groups in total. The van der Waals surface area contributed by atoms with Crippen LogP contribution < -0.4 is 5.32 Å². The van der Waals surface area contributed by atoms with Gasteiger partial charge in [-0.15, -0.1) is 0 Å². The molecule has 0 unspecified atom stereocenters. The van der Waals surface area contributed by atoms with Crippen molar-refractivity contribution in [3.05, 3.63) is 35.5 Å². The second-order valence-corrected chi connectivity index (χ2v) is 2.61. The molecule has 0 bridgehead atoms. The van der Waals surface area contributed by atoms with Crippen LogP contribution in [0, 0.1) is 0 Å². The molecule has 1 amide bonds. The third kappa shape index (κ3) is 2.15. The molecule has 13 heavy (non-hydrogen) atoms. The molecule has 0 aliphatic heterocycles. The van der Waals surface area contributed by atoms with Crippen LogP contribution in [-0.2, 0) is 9.59 Å².